The van der Waals surface area contributed by atoms with Gasteiger partial charge in [-0.1, -0.05) is 69.0 Å². The van der Waals surface area contributed by atoms with Gasteiger partial charge in [0, 0.05) is 14.6 Å². The summed E-state index contributed by atoms with van der Waals surface area (Å²) >= 11 is 0. The molecule has 1 heterocycles. The van der Waals surface area contributed by atoms with E-state index in [0.717, 1.165) is 53.9 Å². The molecule has 0 bridgehead atoms. The van der Waals surface area contributed by atoms with Crippen molar-refractivity contribution in [2.45, 2.75) is 65.2 Å². The summed E-state index contributed by atoms with van der Waals surface area (Å²) in [5.41, 5.74) is 6.67. The summed E-state index contributed by atoms with van der Waals surface area (Å²) in [6.07, 6.45) is 7.23. The molecular weight excluding hydrogens is 576 g/mol. The highest BCUT2D eigenvalue weighted by molar-refractivity contribution is 6.03. The molecule has 0 amide bonds. The minimum Gasteiger partial charge on any atom is -0.468 e. The van der Waals surface area contributed by atoms with Gasteiger partial charge in [0.25, 0.3) is 0 Å². The molecule has 1 fully saturated rings. The maximum Gasteiger partial charge on any atom is 0.324 e. The second-order valence-electron chi connectivity index (χ2n) is 10.2. The van der Waals surface area contributed by atoms with Crippen LogP contribution < -0.4 is 0 Å². The molecule has 45 heavy (non-hydrogen) atoms. The van der Waals surface area contributed by atoms with Crippen LogP contribution in [0.25, 0.3) is 12.2 Å². The molecule has 0 aromatic heterocycles. The zero-order valence-corrected chi connectivity index (χ0v) is 27.9. The van der Waals surface area contributed by atoms with E-state index in [4.69, 9.17) is 23.7 Å². The summed E-state index contributed by atoms with van der Waals surface area (Å²) in [6, 6.07) is 7.70. The van der Waals surface area contributed by atoms with Crippen LogP contribution in [0.3, 0.4) is 0 Å². The van der Waals surface area contributed by atoms with E-state index >= 15 is 0 Å². The molecule has 248 valence electrons. The fourth-order valence-corrected chi connectivity index (χ4v) is 5.08. The molecule has 2 aromatic rings. The Morgan fingerprint density at radius 1 is 0.689 bits per heavy atom. The monoisotopic (exact) mass is 626 g/mol. The predicted octanol–water partition coefficient (Wildman–Crippen LogP) is 6.30. The molecule has 0 unspecified atom stereocenters. The van der Waals surface area contributed by atoms with Gasteiger partial charge in [0.15, 0.2) is 11.8 Å². The Kier molecular flexibility index (Phi) is 17.2. The van der Waals surface area contributed by atoms with Gasteiger partial charge in [0.1, 0.15) is 0 Å². The second kappa shape index (κ2) is 19.9. The van der Waals surface area contributed by atoms with Gasteiger partial charge in [0.2, 0.25) is 0 Å². The first kappa shape index (κ1) is 38.8. The van der Waals surface area contributed by atoms with Crippen LogP contribution in [0.1, 0.15) is 84.5 Å². The third-order valence-corrected chi connectivity index (χ3v) is 7.24. The fourth-order valence-electron chi connectivity index (χ4n) is 5.08. The Balaban J connectivity index is 0.000000747. The predicted molar refractivity (Wildman–Crippen MR) is 177 cm³/mol. The minimum atomic E-state index is -1.15. The van der Waals surface area contributed by atoms with Gasteiger partial charge in [0.05, 0.1) is 28.4 Å². The van der Waals surface area contributed by atoms with Crippen molar-refractivity contribution in [2.75, 3.05) is 41.7 Å². The van der Waals surface area contributed by atoms with Crippen LogP contribution in [0.2, 0.25) is 0 Å². The molecule has 1 saturated heterocycles. The molecule has 0 radical (unpaired) electrons. The maximum absolute atomic E-state index is 12.0. The lowest BCUT2D eigenvalue weighted by atomic mass is 9.86. The van der Waals surface area contributed by atoms with Crippen molar-refractivity contribution in [3.63, 3.8) is 0 Å². The van der Waals surface area contributed by atoms with Crippen molar-refractivity contribution in [3.8, 4) is 0 Å². The van der Waals surface area contributed by atoms with Gasteiger partial charge in [-0.25, -0.2) is 0 Å². The molecule has 9 heteroatoms. The topological polar surface area (TPSA) is 114 Å². The Morgan fingerprint density at radius 2 is 1.02 bits per heavy atom. The quantitative estimate of drug-likeness (QED) is 0.170. The molecule has 1 aliphatic heterocycles. The lowest BCUT2D eigenvalue weighted by molar-refractivity contribution is -0.156. The molecular formula is C36H50O9. The molecule has 0 N–H and O–H groups in total. The summed E-state index contributed by atoms with van der Waals surface area (Å²) in [7, 11) is 5.02. The van der Waals surface area contributed by atoms with Crippen LogP contribution >= 0.6 is 0 Å². The average molecular weight is 627 g/mol. The summed E-state index contributed by atoms with van der Waals surface area (Å²) in [4.78, 5) is 47.9. The Bertz CT molecular complexity index is 1250. The number of carbonyl (C=O) groups is 4. The van der Waals surface area contributed by atoms with Crippen molar-refractivity contribution in [1.82, 2.24) is 0 Å². The zero-order chi connectivity index (χ0) is 34.1. The Labute approximate surface area is 269 Å². The number of hydrogen-bond acceptors (Lipinski definition) is 9. The fraction of sp³-hybridized carbons (Fsp3) is 0.444. The van der Waals surface area contributed by atoms with E-state index < -0.39 is 35.7 Å². The molecule has 0 spiro atoms. The highest BCUT2D eigenvalue weighted by Crippen LogP contribution is 2.31. The first-order valence-corrected chi connectivity index (χ1v) is 14.9. The van der Waals surface area contributed by atoms with E-state index in [-0.39, 0.29) is 1.43 Å². The number of rotatable bonds is 10. The van der Waals surface area contributed by atoms with Gasteiger partial charge < -0.3 is 23.7 Å². The van der Waals surface area contributed by atoms with Crippen LogP contribution in [0.15, 0.2) is 37.4 Å². The largest absolute Gasteiger partial charge is 0.468 e. The van der Waals surface area contributed by atoms with E-state index in [9.17, 15) is 19.2 Å². The van der Waals surface area contributed by atoms with Crippen LogP contribution in [-0.4, -0.2) is 65.5 Å². The maximum atomic E-state index is 12.0. The highest BCUT2D eigenvalue weighted by atomic mass is 16.5. The number of esters is 4. The van der Waals surface area contributed by atoms with E-state index in [1.165, 1.54) is 41.3 Å². The number of benzene rings is 2. The molecule has 1 aliphatic rings. The third kappa shape index (κ3) is 10.7. The van der Waals surface area contributed by atoms with Gasteiger partial charge in [-0.15, -0.1) is 0 Å². The highest BCUT2D eigenvalue weighted by Gasteiger charge is 2.35. The van der Waals surface area contributed by atoms with Crippen LogP contribution in [0.4, 0.5) is 0 Å². The van der Waals surface area contributed by atoms with Crippen molar-refractivity contribution >= 4 is 36.0 Å². The first-order valence-electron chi connectivity index (χ1n) is 14.9. The van der Waals surface area contributed by atoms with E-state index in [1.807, 2.05) is 52.0 Å². The molecule has 0 saturated carbocycles. The standard InChI is InChI=1S/C16H22O4.C16H18O4.C4H8O.H2/c2*1-6-11-8-10(3)9-12(7-2)13(11)14(15(17)19-4)16(18)20-5;1-2-4-5-3-1;/h8-9,14H,6-7H2,1-5H3;6-9,14H,1-2H2,3-5H3;1-4H2;1H. The molecule has 0 atom stereocenters. The molecule has 3 rings (SSSR count). The second-order valence-corrected chi connectivity index (χ2v) is 10.2. The average Bonchev–Trinajstić information content (AvgIpc) is 3.65. The number of ether oxygens (including phenoxy) is 5. The van der Waals surface area contributed by atoms with Crippen LogP contribution in [0.5, 0.6) is 0 Å². The third-order valence-electron chi connectivity index (χ3n) is 7.24. The van der Waals surface area contributed by atoms with E-state index in [2.05, 4.69) is 13.2 Å². The number of aryl methyl sites for hydroxylation is 4. The lowest BCUT2D eigenvalue weighted by Gasteiger charge is -2.20. The van der Waals surface area contributed by atoms with Gasteiger partial charge in [-0.2, -0.15) is 0 Å². The van der Waals surface area contributed by atoms with Crippen molar-refractivity contribution in [1.29, 1.82) is 0 Å². The van der Waals surface area contributed by atoms with E-state index in [1.54, 1.807) is 12.2 Å². The Hall–Kier alpha value is -4.24. The zero-order valence-electron chi connectivity index (χ0n) is 27.9. The van der Waals surface area contributed by atoms with Gasteiger partial charge in [-0.3, -0.25) is 19.2 Å². The summed E-state index contributed by atoms with van der Waals surface area (Å²) in [5, 5.41) is 0. The number of hydrogen-bond donors (Lipinski definition) is 0. The SMILES string of the molecule is C1CCOC1.C=Cc1cc(C)cc(C=C)c1C(C(=O)OC)C(=O)OC.CCc1cc(C)cc(CC)c1C(C(=O)OC)C(=O)OC.[HH]. The normalized spacial score (nSPS) is 11.8. The van der Waals surface area contributed by atoms with Crippen molar-refractivity contribution in [3.05, 3.63) is 81.9 Å². The summed E-state index contributed by atoms with van der Waals surface area (Å²) in [6.45, 7) is 17.4. The van der Waals surface area contributed by atoms with Gasteiger partial charge in [-0.05, 0) is 78.5 Å². The van der Waals surface area contributed by atoms with Crippen LogP contribution in [-0.2, 0) is 55.7 Å². The summed E-state index contributed by atoms with van der Waals surface area (Å²) < 4.78 is 23.9. The summed E-state index contributed by atoms with van der Waals surface area (Å²) in [5.74, 6) is -4.66. The molecule has 9 nitrogen and oxygen atoms in total. The number of methoxy groups -OCH3 is 4. The smallest absolute Gasteiger partial charge is 0.324 e. The Morgan fingerprint density at radius 3 is 1.29 bits per heavy atom. The number of carbonyl (C=O) groups excluding carboxylic acids is 4. The molecule has 0 aliphatic carbocycles. The molecule has 2 aromatic carbocycles. The van der Waals surface area contributed by atoms with Gasteiger partial charge >= 0.3 is 23.9 Å². The van der Waals surface area contributed by atoms with Crippen molar-refractivity contribution in [2.24, 2.45) is 0 Å². The van der Waals surface area contributed by atoms with Crippen molar-refractivity contribution < 1.29 is 44.3 Å². The first-order chi connectivity index (χ1) is 21.5. The minimum absolute atomic E-state index is 0. The van der Waals surface area contributed by atoms with Crippen LogP contribution in [0, 0.1) is 13.8 Å². The lowest BCUT2D eigenvalue weighted by Crippen LogP contribution is -2.26. The van der Waals surface area contributed by atoms with E-state index in [0.29, 0.717) is 16.7 Å².